The predicted octanol–water partition coefficient (Wildman–Crippen LogP) is 1.12. The third-order valence-electron chi connectivity index (χ3n) is 1.52. The molecule has 4 N–H and O–H groups in total. The van der Waals surface area contributed by atoms with E-state index in [2.05, 4.69) is 0 Å². The maximum absolute atomic E-state index is 9.22. The summed E-state index contributed by atoms with van der Waals surface area (Å²) in [4.78, 5) is 0. The molecule has 0 heterocycles. The summed E-state index contributed by atoms with van der Waals surface area (Å²) >= 11 is 0. The molecule has 0 bridgehead atoms. The van der Waals surface area contributed by atoms with Crippen LogP contribution in [0.2, 0.25) is 0 Å². The molecule has 1 rings (SSSR count). The van der Waals surface area contributed by atoms with E-state index in [1.807, 2.05) is 0 Å². The number of phenolic OH excluding ortho intramolecular Hbond substituents is 2. The SMILES string of the molecule is C[C@@H](N)c1c(O)cccc1O. The summed E-state index contributed by atoms with van der Waals surface area (Å²) in [5.74, 6) is 0.0833. The lowest BCUT2D eigenvalue weighted by atomic mass is 10.1. The molecule has 0 aliphatic heterocycles. The Labute approximate surface area is 65.1 Å². The molecule has 1 atom stereocenters. The maximum Gasteiger partial charge on any atom is 0.124 e. The Morgan fingerprint density at radius 1 is 1.27 bits per heavy atom. The van der Waals surface area contributed by atoms with Crippen molar-refractivity contribution in [3.8, 4) is 11.5 Å². The van der Waals surface area contributed by atoms with Crippen molar-refractivity contribution in [3.05, 3.63) is 23.8 Å². The average Bonchev–Trinajstić information content (AvgIpc) is 1.85. The first-order valence-corrected chi connectivity index (χ1v) is 3.39. The first-order chi connectivity index (χ1) is 5.13. The molecule has 0 aromatic heterocycles. The van der Waals surface area contributed by atoms with E-state index in [1.165, 1.54) is 12.1 Å². The van der Waals surface area contributed by atoms with E-state index in [0.717, 1.165) is 0 Å². The summed E-state index contributed by atoms with van der Waals surface area (Å²) in [5, 5.41) is 18.4. The minimum Gasteiger partial charge on any atom is -0.507 e. The van der Waals surface area contributed by atoms with Gasteiger partial charge in [0.25, 0.3) is 0 Å². The van der Waals surface area contributed by atoms with Crippen molar-refractivity contribution >= 4 is 0 Å². The van der Waals surface area contributed by atoms with Crippen molar-refractivity contribution in [2.75, 3.05) is 0 Å². The van der Waals surface area contributed by atoms with Crippen molar-refractivity contribution in [2.24, 2.45) is 5.73 Å². The number of hydrogen-bond acceptors (Lipinski definition) is 3. The first-order valence-electron chi connectivity index (χ1n) is 3.39. The van der Waals surface area contributed by atoms with Crippen LogP contribution in [0, 0.1) is 0 Å². The summed E-state index contributed by atoms with van der Waals surface area (Å²) in [6, 6.07) is 4.21. The van der Waals surface area contributed by atoms with Crippen LogP contribution >= 0.6 is 0 Å². The monoisotopic (exact) mass is 153 g/mol. The number of aromatic hydroxyl groups is 2. The zero-order valence-electron chi connectivity index (χ0n) is 6.28. The Bertz CT molecular complexity index is 238. The average molecular weight is 153 g/mol. The van der Waals surface area contributed by atoms with Gasteiger partial charge in [-0.3, -0.25) is 0 Å². The van der Waals surface area contributed by atoms with E-state index in [-0.39, 0.29) is 17.5 Å². The van der Waals surface area contributed by atoms with Gasteiger partial charge < -0.3 is 15.9 Å². The van der Waals surface area contributed by atoms with Crippen LogP contribution in [0.1, 0.15) is 18.5 Å². The Hall–Kier alpha value is -1.22. The molecule has 3 heteroatoms. The van der Waals surface area contributed by atoms with Crippen LogP contribution in [0.3, 0.4) is 0 Å². The van der Waals surface area contributed by atoms with E-state index < -0.39 is 0 Å². The molecule has 1 aromatic carbocycles. The van der Waals surface area contributed by atoms with Crippen LogP contribution in [0.25, 0.3) is 0 Å². The van der Waals surface area contributed by atoms with Gasteiger partial charge >= 0.3 is 0 Å². The minimum atomic E-state index is -0.351. The van der Waals surface area contributed by atoms with Gasteiger partial charge in [0, 0.05) is 6.04 Å². The fourth-order valence-electron chi connectivity index (χ4n) is 1.01. The Balaban J connectivity index is 3.21. The molecule has 0 saturated heterocycles. The van der Waals surface area contributed by atoms with Gasteiger partial charge in [0.1, 0.15) is 11.5 Å². The lowest BCUT2D eigenvalue weighted by Gasteiger charge is -2.09. The van der Waals surface area contributed by atoms with Gasteiger partial charge in [-0.05, 0) is 19.1 Å². The summed E-state index contributed by atoms with van der Waals surface area (Å²) in [7, 11) is 0. The van der Waals surface area contributed by atoms with Crippen molar-refractivity contribution < 1.29 is 10.2 Å². The lowest BCUT2D eigenvalue weighted by molar-refractivity contribution is 0.432. The smallest absolute Gasteiger partial charge is 0.124 e. The van der Waals surface area contributed by atoms with E-state index in [0.29, 0.717) is 5.56 Å². The van der Waals surface area contributed by atoms with Crippen molar-refractivity contribution in [2.45, 2.75) is 13.0 Å². The van der Waals surface area contributed by atoms with Gasteiger partial charge in [-0.2, -0.15) is 0 Å². The fraction of sp³-hybridized carbons (Fsp3) is 0.250. The molecule has 0 saturated carbocycles. The molecule has 0 radical (unpaired) electrons. The first kappa shape index (κ1) is 7.88. The highest BCUT2D eigenvalue weighted by atomic mass is 16.3. The Morgan fingerprint density at radius 2 is 1.73 bits per heavy atom. The van der Waals surface area contributed by atoms with Gasteiger partial charge in [0.15, 0.2) is 0 Å². The van der Waals surface area contributed by atoms with Crippen LogP contribution < -0.4 is 5.73 Å². The van der Waals surface area contributed by atoms with E-state index in [1.54, 1.807) is 13.0 Å². The van der Waals surface area contributed by atoms with Gasteiger partial charge in [0.2, 0.25) is 0 Å². The topological polar surface area (TPSA) is 66.5 Å². The molecule has 0 spiro atoms. The van der Waals surface area contributed by atoms with E-state index in [4.69, 9.17) is 5.73 Å². The third kappa shape index (κ3) is 1.43. The predicted molar refractivity (Wildman–Crippen MR) is 42.4 cm³/mol. The molecule has 0 unspecified atom stereocenters. The Kier molecular flexibility index (Phi) is 2.01. The molecular weight excluding hydrogens is 142 g/mol. The van der Waals surface area contributed by atoms with Crippen LogP contribution in [0.5, 0.6) is 11.5 Å². The van der Waals surface area contributed by atoms with Crippen LogP contribution in [-0.2, 0) is 0 Å². The normalized spacial score (nSPS) is 12.9. The molecular formula is C8H11NO2. The van der Waals surface area contributed by atoms with Gasteiger partial charge in [-0.25, -0.2) is 0 Å². The highest BCUT2D eigenvalue weighted by Gasteiger charge is 2.09. The van der Waals surface area contributed by atoms with Crippen molar-refractivity contribution in [1.82, 2.24) is 0 Å². The second kappa shape index (κ2) is 2.80. The van der Waals surface area contributed by atoms with E-state index in [9.17, 15) is 10.2 Å². The number of benzene rings is 1. The zero-order chi connectivity index (χ0) is 8.43. The molecule has 0 fully saturated rings. The molecule has 11 heavy (non-hydrogen) atoms. The van der Waals surface area contributed by atoms with Crippen LogP contribution in [-0.4, -0.2) is 10.2 Å². The molecule has 0 aliphatic rings. The maximum atomic E-state index is 9.22. The van der Waals surface area contributed by atoms with Gasteiger partial charge in [0.05, 0.1) is 5.56 Å². The molecule has 1 aromatic rings. The molecule has 0 aliphatic carbocycles. The third-order valence-corrected chi connectivity index (χ3v) is 1.52. The summed E-state index contributed by atoms with van der Waals surface area (Å²) in [6.45, 7) is 1.70. The number of phenols is 2. The fourth-order valence-corrected chi connectivity index (χ4v) is 1.01. The molecule has 0 amide bonds. The zero-order valence-corrected chi connectivity index (χ0v) is 6.28. The highest BCUT2D eigenvalue weighted by molar-refractivity contribution is 5.44. The highest BCUT2D eigenvalue weighted by Crippen LogP contribution is 2.30. The number of nitrogens with two attached hydrogens (primary N) is 1. The molecule has 60 valence electrons. The Morgan fingerprint density at radius 3 is 2.00 bits per heavy atom. The van der Waals surface area contributed by atoms with Crippen LogP contribution in [0.15, 0.2) is 18.2 Å². The summed E-state index contributed by atoms with van der Waals surface area (Å²) in [5.41, 5.74) is 5.89. The quantitative estimate of drug-likeness (QED) is 0.566. The number of rotatable bonds is 1. The van der Waals surface area contributed by atoms with Gasteiger partial charge in [-0.1, -0.05) is 6.07 Å². The standard InChI is InChI=1S/C8H11NO2/c1-5(9)8-6(10)3-2-4-7(8)11/h2-5,10-11H,9H2,1H3/t5-/m1/s1. The second-order valence-electron chi connectivity index (χ2n) is 2.50. The van der Waals surface area contributed by atoms with E-state index >= 15 is 0 Å². The second-order valence-corrected chi connectivity index (χ2v) is 2.50. The minimum absolute atomic E-state index is 0.0417. The van der Waals surface area contributed by atoms with Crippen LogP contribution in [0.4, 0.5) is 0 Å². The lowest BCUT2D eigenvalue weighted by Crippen LogP contribution is -2.05. The largest absolute Gasteiger partial charge is 0.507 e. The summed E-state index contributed by atoms with van der Waals surface area (Å²) in [6.07, 6.45) is 0. The van der Waals surface area contributed by atoms with Crippen molar-refractivity contribution in [1.29, 1.82) is 0 Å². The number of hydrogen-bond donors (Lipinski definition) is 3. The van der Waals surface area contributed by atoms with Crippen molar-refractivity contribution in [3.63, 3.8) is 0 Å². The summed E-state index contributed by atoms with van der Waals surface area (Å²) < 4.78 is 0. The molecule has 3 nitrogen and oxygen atoms in total. The van der Waals surface area contributed by atoms with Gasteiger partial charge in [-0.15, -0.1) is 0 Å².